The molecular formula is C19H27FN4O. The van der Waals surface area contributed by atoms with Crippen LogP contribution in [0.15, 0.2) is 30.6 Å². The van der Waals surface area contributed by atoms with Crippen molar-refractivity contribution in [2.45, 2.75) is 33.0 Å². The summed E-state index contributed by atoms with van der Waals surface area (Å²) in [5, 5.41) is 4.35. The van der Waals surface area contributed by atoms with E-state index in [4.69, 9.17) is 4.74 Å². The van der Waals surface area contributed by atoms with Gasteiger partial charge in [0.05, 0.1) is 13.3 Å². The third-order valence-corrected chi connectivity index (χ3v) is 4.76. The predicted octanol–water partition coefficient (Wildman–Crippen LogP) is 2.76. The fraction of sp³-hybridized carbons (Fsp3) is 0.526. The maximum atomic E-state index is 14.4. The normalized spacial score (nSPS) is 16.8. The van der Waals surface area contributed by atoms with Crippen molar-refractivity contribution in [3.8, 4) is 5.75 Å². The second-order valence-corrected chi connectivity index (χ2v) is 6.54. The molecule has 0 saturated carbocycles. The summed E-state index contributed by atoms with van der Waals surface area (Å²) in [5.74, 6) is 0.0833. The number of halogens is 1. The van der Waals surface area contributed by atoms with Crippen molar-refractivity contribution in [2.24, 2.45) is 0 Å². The molecule has 0 unspecified atom stereocenters. The average Bonchev–Trinajstić information content (AvgIpc) is 2.97. The first-order valence-corrected chi connectivity index (χ1v) is 8.97. The van der Waals surface area contributed by atoms with Crippen LogP contribution >= 0.6 is 0 Å². The van der Waals surface area contributed by atoms with E-state index in [1.807, 2.05) is 23.0 Å². The highest BCUT2D eigenvalue weighted by molar-refractivity contribution is 5.31. The largest absolute Gasteiger partial charge is 0.494 e. The van der Waals surface area contributed by atoms with E-state index in [-0.39, 0.29) is 5.82 Å². The van der Waals surface area contributed by atoms with Gasteiger partial charge in [0, 0.05) is 50.0 Å². The van der Waals surface area contributed by atoms with Crippen LogP contribution in [0.3, 0.4) is 0 Å². The van der Waals surface area contributed by atoms with Crippen LogP contribution in [-0.4, -0.2) is 52.9 Å². The van der Waals surface area contributed by atoms with Crippen LogP contribution in [-0.2, 0) is 19.6 Å². The number of ether oxygens (including phenoxy) is 1. The summed E-state index contributed by atoms with van der Waals surface area (Å²) in [4.78, 5) is 4.78. The molecule has 2 aromatic rings. The average molecular weight is 346 g/mol. The Morgan fingerprint density at radius 2 is 1.88 bits per heavy atom. The molecule has 1 aliphatic heterocycles. The third kappa shape index (κ3) is 4.58. The summed E-state index contributed by atoms with van der Waals surface area (Å²) < 4.78 is 21.4. The lowest BCUT2D eigenvalue weighted by atomic mass is 10.2. The zero-order valence-corrected chi connectivity index (χ0v) is 15.1. The van der Waals surface area contributed by atoms with Crippen LogP contribution in [0.4, 0.5) is 4.39 Å². The monoisotopic (exact) mass is 346 g/mol. The van der Waals surface area contributed by atoms with Crippen LogP contribution in [0, 0.1) is 5.82 Å². The maximum Gasteiger partial charge on any atom is 0.169 e. The highest BCUT2D eigenvalue weighted by atomic mass is 19.1. The molecule has 1 fully saturated rings. The second kappa shape index (κ2) is 8.45. The van der Waals surface area contributed by atoms with Gasteiger partial charge in [-0.3, -0.25) is 14.5 Å². The van der Waals surface area contributed by atoms with E-state index in [9.17, 15) is 4.39 Å². The summed E-state index contributed by atoms with van der Waals surface area (Å²) in [7, 11) is 1.51. The molecule has 0 bridgehead atoms. The van der Waals surface area contributed by atoms with Gasteiger partial charge in [-0.15, -0.1) is 0 Å². The summed E-state index contributed by atoms with van der Waals surface area (Å²) >= 11 is 0. The number of hydrogen-bond donors (Lipinski definition) is 0. The lowest BCUT2D eigenvalue weighted by Gasteiger charge is -2.22. The Labute approximate surface area is 149 Å². The highest BCUT2D eigenvalue weighted by Crippen LogP contribution is 2.21. The Morgan fingerprint density at radius 3 is 2.56 bits per heavy atom. The molecule has 3 rings (SSSR count). The number of methoxy groups -OCH3 is 1. The first-order valence-electron chi connectivity index (χ1n) is 8.97. The first-order chi connectivity index (χ1) is 12.2. The van der Waals surface area contributed by atoms with E-state index in [0.29, 0.717) is 17.9 Å². The highest BCUT2D eigenvalue weighted by Gasteiger charge is 2.18. The van der Waals surface area contributed by atoms with Crippen LogP contribution < -0.4 is 4.74 Å². The Hall–Kier alpha value is -1.92. The van der Waals surface area contributed by atoms with E-state index in [1.165, 1.54) is 12.7 Å². The van der Waals surface area contributed by atoms with E-state index < -0.39 is 0 Å². The lowest BCUT2D eigenvalue weighted by molar-refractivity contribution is 0.244. The van der Waals surface area contributed by atoms with E-state index in [0.717, 1.165) is 45.7 Å². The smallest absolute Gasteiger partial charge is 0.169 e. The van der Waals surface area contributed by atoms with Gasteiger partial charge in [0.25, 0.3) is 0 Å². The number of aryl methyl sites for hydroxylation is 1. The predicted molar refractivity (Wildman–Crippen MR) is 96.0 cm³/mol. The minimum absolute atomic E-state index is 0.238. The first kappa shape index (κ1) is 17.9. The van der Waals surface area contributed by atoms with Crippen molar-refractivity contribution >= 4 is 0 Å². The summed E-state index contributed by atoms with van der Waals surface area (Å²) in [6.07, 6.45) is 5.17. The van der Waals surface area contributed by atoms with Gasteiger partial charge in [-0.25, -0.2) is 4.39 Å². The van der Waals surface area contributed by atoms with Gasteiger partial charge in [-0.2, -0.15) is 5.10 Å². The van der Waals surface area contributed by atoms with E-state index in [2.05, 4.69) is 28.0 Å². The standard InChI is InChI=1S/C19H27FN4O/c1-3-24-14-16(12-21-24)13-22-8-5-9-23(11-10-22)15-17-6-4-7-18(25-2)19(17)20/h4,6-7,12,14H,3,5,8-11,13,15H2,1-2H3. The molecule has 0 spiro atoms. The number of aromatic nitrogens is 2. The van der Waals surface area contributed by atoms with Gasteiger partial charge in [0.2, 0.25) is 0 Å². The number of nitrogens with zero attached hydrogens (tertiary/aromatic N) is 4. The molecule has 5 nitrogen and oxygen atoms in total. The zero-order valence-electron chi connectivity index (χ0n) is 15.1. The van der Waals surface area contributed by atoms with Crippen LogP contribution in [0.5, 0.6) is 5.75 Å². The molecule has 1 aliphatic rings. The van der Waals surface area contributed by atoms with Crippen molar-refractivity contribution in [1.29, 1.82) is 0 Å². The van der Waals surface area contributed by atoms with Crippen molar-refractivity contribution in [3.05, 3.63) is 47.5 Å². The molecule has 0 N–H and O–H groups in total. The summed E-state index contributed by atoms with van der Waals surface area (Å²) in [6, 6.07) is 5.37. The van der Waals surface area contributed by atoms with Gasteiger partial charge in [-0.05, 0) is 32.5 Å². The Kier molecular flexibility index (Phi) is 6.04. The summed E-state index contributed by atoms with van der Waals surface area (Å²) in [5.41, 5.74) is 1.96. The molecule has 1 saturated heterocycles. The molecule has 25 heavy (non-hydrogen) atoms. The van der Waals surface area contributed by atoms with Crippen molar-refractivity contribution in [2.75, 3.05) is 33.3 Å². The van der Waals surface area contributed by atoms with Gasteiger partial charge in [0.1, 0.15) is 0 Å². The molecule has 1 aromatic carbocycles. The van der Waals surface area contributed by atoms with Gasteiger partial charge < -0.3 is 4.74 Å². The molecule has 136 valence electrons. The lowest BCUT2D eigenvalue weighted by Crippen LogP contribution is -2.30. The van der Waals surface area contributed by atoms with Gasteiger partial charge >= 0.3 is 0 Å². The molecule has 6 heteroatoms. The van der Waals surface area contributed by atoms with Crippen molar-refractivity contribution in [3.63, 3.8) is 0 Å². The Balaban J connectivity index is 1.56. The topological polar surface area (TPSA) is 33.5 Å². The van der Waals surface area contributed by atoms with Crippen LogP contribution in [0.1, 0.15) is 24.5 Å². The maximum absolute atomic E-state index is 14.4. The zero-order chi connectivity index (χ0) is 17.6. The molecule has 0 atom stereocenters. The molecular weight excluding hydrogens is 319 g/mol. The van der Waals surface area contributed by atoms with Gasteiger partial charge in [-0.1, -0.05) is 12.1 Å². The van der Waals surface area contributed by atoms with Crippen LogP contribution in [0.25, 0.3) is 0 Å². The minimum Gasteiger partial charge on any atom is -0.494 e. The van der Waals surface area contributed by atoms with Crippen molar-refractivity contribution in [1.82, 2.24) is 19.6 Å². The van der Waals surface area contributed by atoms with E-state index in [1.54, 1.807) is 6.07 Å². The Bertz CT molecular complexity index is 688. The summed E-state index contributed by atoms with van der Waals surface area (Å²) in [6.45, 7) is 8.54. The molecule has 0 aliphatic carbocycles. The Morgan fingerprint density at radius 1 is 1.12 bits per heavy atom. The fourth-order valence-corrected chi connectivity index (χ4v) is 3.34. The molecule has 2 heterocycles. The molecule has 0 radical (unpaired) electrons. The molecule has 1 aromatic heterocycles. The quantitative estimate of drug-likeness (QED) is 0.805. The molecule has 0 amide bonds. The third-order valence-electron chi connectivity index (χ3n) is 4.76. The number of benzene rings is 1. The SMILES string of the molecule is CCn1cc(CN2CCCN(Cc3cccc(OC)c3F)CC2)cn1. The fourth-order valence-electron chi connectivity index (χ4n) is 3.34. The number of rotatable bonds is 6. The van der Waals surface area contributed by atoms with Gasteiger partial charge in [0.15, 0.2) is 11.6 Å². The minimum atomic E-state index is -0.238. The van der Waals surface area contributed by atoms with Crippen LogP contribution in [0.2, 0.25) is 0 Å². The second-order valence-electron chi connectivity index (χ2n) is 6.54. The number of hydrogen-bond acceptors (Lipinski definition) is 4. The van der Waals surface area contributed by atoms with E-state index >= 15 is 0 Å². The van der Waals surface area contributed by atoms with Crippen molar-refractivity contribution < 1.29 is 9.13 Å².